The standard InChI is InChI=1S/C23H29N3O2S/c1-16(17-8-4-3-5-9-17)25-22(27)20(12-13-29-2)26-23(28)21-14-18-10-6-7-11-19(18)15-24-21/h3-11,16,20-21,24H,12-15H2,1-2H3,(H,25,27)(H,26,28)/t16-,20+,21+/m1/s1. The Labute approximate surface area is 177 Å². The molecule has 0 fully saturated rings. The monoisotopic (exact) mass is 411 g/mol. The maximum atomic E-state index is 12.9. The van der Waals surface area contributed by atoms with Crippen molar-refractivity contribution < 1.29 is 9.59 Å². The normalized spacial score (nSPS) is 17.7. The summed E-state index contributed by atoms with van der Waals surface area (Å²) in [7, 11) is 0. The van der Waals surface area contributed by atoms with Gasteiger partial charge >= 0.3 is 0 Å². The first-order valence-electron chi connectivity index (χ1n) is 10.0. The largest absolute Gasteiger partial charge is 0.348 e. The lowest BCUT2D eigenvalue weighted by Gasteiger charge is -2.28. The minimum atomic E-state index is -0.542. The van der Waals surface area contributed by atoms with Crippen LogP contribution in [0.2, 0.25) is 0 Å². The molecule has 0 aromatic heterocycles. The van der Waals surface area contributed by atoms with Crippen LogP contribution in [0.4, 0.5) is 0 Å². The number of thioether (sulfide) groups is 1. The Morgan fingerprint density at radius 3 is 2.48 bits per heavy atom. The number of hydrogen-bond donors (Lipinski definition) is 3. The first kappa shape index (κ1) is 21.4. The maximum Gasteiger partial charge on any atom is 0.243 e. The van der Waals surface area contributed by atoms with Crippen LogP contribution < -0.4 is 16.0 Å². The highest BCUT2D eigenvalue weighted by Crippen LogP contribution is 2.17. The Kier molecular flexibility index (Phi) is 7.72. The van der Waals surface area contributed by atoms with E-state index in [2.05, 4.69) is 28.1 Å². The second-order valence-electron chi connectivity index (χ2n) is 7.39. The molecule has 2 amide bonds. The van der Waals surface area contributed by atoms with Gasteiger partial charge in [-0.3, -0.25) is 9.59 Å². The van der Waals surface area contributed by atoms with E-state index in [0.29, 0.717) is 19.4 Å². The van der Waals surface area contributed by atoms with Crippen LogP contribution in [0.1, 0.15) is 36.1 Å². The van der Waals surface area contributed by atoms with Crippen LogP contribution in [0.15, 0.2) is 54.6 Å². The minimum Gasteiger partial charge on any atom is -0.348 e. The Balaban J connectivity index is 1.62. The number of rotatable bonds is 8. The molecule has 0 unspecified atom stereocenters. The molecular formula is C23H29N3O2S. The molecule has 0 spiro atoms. The van der Waals surface area contributed by atoms with E-state index in [-0.39, 0.29) is 23.9 Å². The van der Waals surface area contributed by atoms with E-state index in [9.17, 15) is 9.59 Å². The second-order valence-corrected chi connectivity index (χ2v) is 8.38. The summed E-state index contributed by atoms with van der Waals surface area (Å²) in [5, 5.41) is 9.32. The predicted molar refractivity (Wildman–Crippen MR) is 119 cm³/mol. The highest BCUT2D eigenvalue weighted by Gasteiger charge is 2.28. The van der Waals surface area contributed by atoms with E-state index >= 15 is 0 Å². The third kappa shape index (κ3) is 5.84. The van der Waals surface area contributed by atoms with Gasteiger partial charge in [-0.2, -0.15) is 11.8 Å². The zero-order chi connectivity index (χ0) is 20.6. The van der Waals surface area contributed by atoms with Crippen LogP contribution in [0.3, 0.4) is 0 Å². The SMILES string of the molecule is CSCC[C@H](NC(=O)[C@@H]1Cc2ccccc2CN1)C(=O)N[C@H](C)c1ccccc1. The number of hydrogen-bond acceptors (Lipinski definition) is 4. The summed E-state index contributed by atoms with van der Waals surface area (Å²) in [5.41, 5.74) is 3.46. The number of carbonyl (C=O) groups excluding carboxylic acids is 2. The van der Waals surface area contributed by atoms with Crippen molar-refractivity contribution in [1.29, 1.82) is 0 Å². The van der Waals surface area contributed by atoms with Crippen molar-refractivity contribution in [1.82, 2.24) is 16.0 Å². The Bertz CT molecular complexity index is 828. The Hall–Kier alpha value is -2.31. The van der Waals surface area contributed by atoms with E-state index in [1.165, 1.54) is 11.1 Å². The lowest BCUT2D eigenvalue weighted by atomic mass is 9.95. The number of nitrogens with one attached hydrogen (secondary N) is 3. The van der Waals surface area contributed by atoms with Crippen molar-refractivity contribution in [3.05, 3.63) is 71.3 Å². The molecule has 29 heavy (non-hydrogen) atoms. The van der Waals surface area contributed by atoms with Gasteiger partial charge < -0.3 is 16.0 Å². The van der Waals surface area contributed by atoms with Crippen molar-refractivity contribution >= 4 is 23.6 Å². The van der Waals surface area contributed by atoms with Gasteiger partial charge in [-0.25, -0.2) is 0 Å². The van der Waals surface area contributed by atoms with Crippen molar-refractivity contribution in [3.8, 4) is 0 Å². The molecule has 0 bridgehead atoms. The zero-order valence-electron chi connectivity index (χ0n) is 17.0. The summed E-state index contributed by atoms with van der Waals surface area (Å²) in [6.07, 6.45) is 3.24. The van der Waals surface area contributed by atoms with Crippen LogP contribution in [-0.2, 0) is 22.6 Å². The van der Waals surface area contributed by atoms with Gasteiger partial charge in [0.05, 0.1) is 12.1 Å². The molecule has 0 aliphatic carbocycles. The fourth-order valence-electron chi connectivity index (χ4n) is 3.56. The maximum absolute atomic E-state index is 12.9. The molecule has 1 heterocycles. The van der Waals surface area contributed by atoms with Gasteiger partial charge in [-0.05, 0) is 48.5 Å². The average Bonchev–Trinajstić information content (AvgIpc) is 2.76. The first-order chi connectivity index (χ1) is 14.1. The van der Waals surface area contributed by atoms with Gasteiger partial charge in [0.25, 0.3) is 0 Å². The van der Waals surface area contributed by atoms with Crippen molar-refractivity contribution in [2.24, 2.45) is 0 Å². The number of fused-ring (bicyclic) bond motifs is 1. The summed E-state index contributed by atoms with van der Waals surface area (Å²) in [6, 6.07) is 17.0. The van der Waals surface area contributed by atoms with Gasteiger partial charge in [0.1, 0.15) is 6.04 Å². The number of benzene rings is 2. The summed E-state index contributed by atoms with van der Waals surface area (Å²) in [5.74, 6) is 0.548. The molecule has 1 aliphatic rings. The quantitative estimate of drug-likeness (QED) is 0.625. The fraction of sp³-hybridized carbons (Fsp3) is 0.391. The van der Waals surface area contributed by atoms with E-state index in [0.717, 1.165) is 11.3 Å². The molecule has 0 radical (unpaired) electrons. The highest BCUT2D eigenvalue weighted by molar-refractivity contribution is 7.98. The van der Waals surface area contributed by atoms with Crippen molar-refractivity contribution in [3.63, 3.8) is 0 Å². The highest BCUT2D eigenvalue weighted by atomic mass is 32.2. The van der Waals surface area contributed by atoms with Crippen LogP contribution in [0.5, 0.6) is 0 Å². The molecule has 2 aromatic carbocycles. The molecule has 0 saturated heterocycles. The van der Waals surface area contributed by atoms with Gasteiger partial charge in [0, 0.05) is 6.54 Å². The van der Waals surface area contributed by atoms with E-state index in [1.807, 2.05) is 55.6 Å². The lowest BCUT2D eigenvalue weighted by molar-refractivity contribution is -0.130. The molecule has 3 atom stereocenters. The predicted octanol–water partition coefficient (Wildman–Crippen LogP) is 2.82. The third-order valence-electron chi connectivity index (χ3n) is 5.30. The van der Waals surface area contributed by atoms with Gasteiger partial charge in [0.15, 0.2) is 0 Å². The molecule has 6 heteroatoms. The van der Waals surface area contributed by atoms with E-state index < -0.39 is 6.04 Å². The first-order valence-corrected chi connectivity index (χ1v) is 11.4. The fourth-order valence-corrected chi connectivity index (χ4v) is 4.03. The van der Waals surface area contributed by atoms with Crippen LogP contribution in [0, 0.1) is 0 Å². The molecule has 3 N–H and O–H groups in total. The van der Waals surface area contributed by atoms with Crippen LogP contribution in [-0.4, -0.2) is 35.9 Å². The molecular weight excluding hydrogens is 382 g/mol. The van der Waals surface area contributed by atoms with Crippen molar-refractivity contribution in [2.75, 3.05) is 12.0 Å². The Morgan fingerprint density at radius 1 is 1.07 bits per heavy atom. The smallest absolute Gasteiger partial charge is 0.243 e. The molecule has 1 aliphatic heterocycles. The molecule has 5 nitrogen and oxygen atoms in total. The van der Waals surface area contributed by atoms with Crippen molar-refractivity contribution in [2.45, 2.75) is 44.4 Å². The van der Waals surface area contributed by atoms with Gasteiger partial charge in [-0.15, -0.1) is 0 Å². The van der Waals surface area contributed by atoms with Gasteiger partial charge in [0.2, 0.25) is 11.8 Å². The van der Waals surface area contributed by atoms with E-state index in [4.69, 9.17) is 0 Å². The Morgan fingerprint density at radius 2 is 1.76 bits per heavy atom. The summed E-state index contributed by atoms with van der Waals surface area (Å²) in [6.45, 7) is 2.63. The lowest BCUT2D eigenvalue weighted by Crippen LogP contribution is -2.54. The minimum absolute atomic E-state index is 0.114. The van der Waals surface area contributed by atoms with Gasteiger partial charge in [-0.1, -0.05) is 54.6 Å². The zero-order valence-corrected chi connectivity index (χ0v) is 17.8. The number of carbonyl (C=O) groups is 2. The molecule has 0 saturated carbocycles. The summed E-state index contributed by atoms with van der Waals surface area (Å²) in [4.78, 5) is 25.8. The van der Waals surface area contributed by atoms with Crippen LogP contribution in [0.25, 0.3) is 0 Å². The average molecular weight is 412 g/mol. The third-order valence-corrected chi connectivity index (χ3v) is 5.94. The topological polar surface area (TPSA) is 70.2 Å². The summed E-state index contributed by atoms with van der Waals surface area (Å²) >= 11 is 1.67. The summed E-state index contributed by atoms with van der Waals surface area (Å²) < 4.78 is 0. The van der Waals surface area contributed by atoms with E-state index in [1.54, 1.807) is 11.8 Å². The molecule has 3 rings (SSSR count). The molecule has 2 aromatic rings. The van der Waals surface area contributed by atoms with Crippen LogP contribution >= 0.6 is 11.8 Å². The second kappa shape index (κ2) is 10.5. The number of amides is 2. The molecule has 154 valence electrons.